The van der Waals surface area contributed by atoms with Crippen LogP contribution >= 0.6 is 0 Å². The first-order chi connectivity index (χ1) is 15.1. The quantitative estimate of drug-likeness (QED) is 0.565. The smallest absolute Gasteiger partial charge is 0.242 e. The van der Waals surface area contributed by atoms with Gasteiger partial charge in [-0.1, -0.05) is 12.1 Å². The summed E-state index contributed by atoms with van der Waals surface area (Å²) in [6.07, 6.45) is 8.71. The van der Waals surface area contributed by atoms with E-state index in [1.54, 1.807) is 0 Å². The number of hydrogen-bond donors (Lipinski definition) is 1. The molecular weight excluding hydrogens is 424 g/mol. The fourth-order valence-corrected chi connectivity index (χ4v) is 8.01. The van der Waals surface area contributed by atoms with Crippen molar-refractivity contribution in [3.63, 3.8) is 0 Å². The zero-order chi connectivity index (χ0) is 23.1. The minimum atomic E-state index is -3.64. The summed E-state index contributed by atoms with van der Waals surface area (Å²) in [6.45, 7) is 3.90. The van der Waals surface area contributed by atoms with Crippen LogP contribution in [0.15, 0.2) is 29.2 Å². The molecule has 4 fully saturated rings. The number of hydrogen-bond acceptors (Lipinski definition) is 4. The van der Waals surface area contributed by atoms with Gasteiger partial charge < -0.3 is 5.32 Å². The van der Waals surface area contributed by atoms with E-state index in [2.05, 4.69) is 12.2 Å². The molecule has 0 aromatic heterocycles. The van der Waals surface area contributed by atoms with Gasteiger partial charge in [-0.25, -0.2) is 12.7 Å². The molecule has 5 rings (SSSR count). The Balaban J connectivity index is 1.26. The van der Waals surface area contributed by atoms with Gasteiger partial charge in [0, 0.05) is 31.6 Å². The van der Waals surface area contributed by atoms with E-state index in [4.69, 9.17) is 0 Å². The molecule has 0 saturated heterocycles. The summed E-state index contributed by atoms with van der Waals surface area (Å²) < 4.78 is 26.8. The summed E-state index contributed by atoms with van der Waals surface area (Å²) in [6, 6.07) is 6.17. The number of Topliss-reactive ketones (excluding diaryl/α,β-unsaturated/α-hetero) is 1. The highest BCUT2D eigenvalue weighted by molar-refractivity contribution is 7.89. The van der Waals surface area contributed by atoms with Gasteiger partial charge in [0.15, 0.2) is 5.78 Å². The highest BCUT2D eigenvalue weighted by Crippen LogP contribution is 2.61. The molecule has 4 saturated carbocycles. The topological polar surface area (TPSA) is 83.6 Å². The Kier molecular flexibility index (Phi) is 6.52. The van der Waals surface area contributed by atoms with E-state index in [1.165, 1.54) is 81.1 Å². The van der Waals surface area contributed by atoms with Gasteiger partial charge in [-0.15, -0.1) is 0 Å². The molecule has 1 amide bonds. The van der Waals surface area contributed by atoms with Crippen molar-refractivity contribution in [3.05, 3.63) is 29.8 Å². The first-order valence-corrected chi connectivity index (χ1v) is 13.4. The van der Waals surface area contributed by atoms with Crippen LogP contribution in [0, 0.1) is 23.2 Å². The first kappa shape index (κ1) is 23.4. The Bertz CT molecular complexity index is 935. The van der Waals surface area contributed by atoms with Crippen molar-refractivity contribution in [1.29, 1.82) is 0 Å². The number of carbonyl (C=O) groups is 2. The fraction of sp³-hybridized carbons (Fsp3) is 0.680. The van der Waals surface area contributed by atoms with Crippen LogP contribution in [-0.2, 0) is 14.8 Å². The average molecular weight is 461 g/mol. The third-order valence-corrected chi connectivity index (χ3v) is 10.1. The van der Waals surface area contributed by atoms with Crippen molar-refractivity contribution in [2.24, 2.45) is 23.2 Å². The van der Waals surface area contributed by atoms with Crippen molar-refractivity contribution in [3.8, 4) is 0 Å². The van der Waals surface area contributed by atoms with Gasteiger partial charge in [-0.05, 0) is 94.1 Å². The van der Waals surface area contributed by atoms with Gasteiger partial charge >= 0.3 is 0 Å². The molecule has 176 valence electrons. The van der Waals surface area contributed by atoms with Gasteiger partial charge in [0.05, 0.1) is 4.90 Å². The molecule has 4 bridgehead atoms. The minimum absolute atomic E-state index is 0.0184. The molecule has 0 aliphatic heterocycles. The monoisotopic (exact) mass is 460 g/mol. The number of ketones is 1. The molecule has 4 aliphatic rings. The maximum absolute atomic E-state index is 12.8. The summed E-state index contributed by atoms with van der Waals surface area (Å²) in [7, 11) is -2.11. The third-order valence-electron chi connectivity index (χ3n) is 8.23. The molecule has 1 aromatic carbocycles. The second-order valence-electron chi connectivity index (χ2n) is 10.6. The molecule has 1 N–H and O–H groups in total. The van der Waals surface area contributed by atoms with Gasteiger partial charge in [-0.2, -0.15) is 0 Å². The predicted octanol–water partition coefficient (Wildman–Crippen LogP) is 4.01. The normalized spacial score (nSPS) is 29.8. The molecule has 32 heavy (non-hydrogen) atoms. The maximum atomic E-state index is 12.8. The minimum Gasteiger partial charge on any atom is -0.353 e. The molecule has 1 aromatic rings. The standard InChI is InChI=1S/C25H36N2O4S/c1-17(28)22-6-8-23(9-7-22)32(30,31)27(3)10-4-5-24(29)26-18(2)25-14-19-11-20(15-25)13-21(12-19)16-25/h6-9,18-21H,4-5,10-16H2,1-3H3,(H,26,29)/t18-,19?,20?,21?,25?/m0/s1. The number of nitrogens with one attached hydrogen (secondary N) is 1. The maximum Gasteiger partial charge on any atom is 0.242 e. The number of nitrogens with zero attached hydrogens (tertiary/aromatic N) is 1. The van der Waals surface area contributed by atoms with Crippen LogP contribution in [0.5, 0.6) is 0 Å². The van der Waals surface area contributed by atoms with Crippen LogP contribution < -0.4 is 5.32 Å². The number of rotatable bonds is 9. The van der Waals surface area contributed by atoms with Crippen molar-refractivity contribution >= 4 is 21.7 Å². The van der Waals surface area contributed by atoms with Crippen LogP contribution in [0.4, 0.5) is 0 Å². The molecule has 0 heterocycles. The Hall–Kier alpha value is -1.73. The predicted molar refractivity (Wildman–Crippen MR) is 124 cm³/mol. The van der Waals surface area contributed by atoms with E-state index in [9.17, 15) is 18.0 Å². The number of carbonyl (C=O) groups excluding carboxylic acids is 2. The average Bonchev–Trinajstić information content (AvgIpc) is 2.72. The largest absolute Gasteiger partial charge is 0.353 e. The summed E-state index contributed by atoms with van der Waals surface area (Å²) in [4.78, 5) is 24.2. The summed E-state index contributed by atoms with van der Waals surface area (Å²) >= 11 is 0. The van der Waals surface area contributed by atoms with Gasteiger partial charge in [0.2, 0.25) is 15.9 Å². The summed E-state index contributed by atoms with van der Waals surface area (Å²) in [5.41, 5.74) is 0.757. The zero-order valence-electron chi connectivity index (χ0n) is 19.5. The van der Waals surface area contributed by atoms with E-state index in [0.717, 1.165) is 17.8 Å². The summed E-state index contributed by atoms with van der Waals surface area (Å²) in [5, 5.41) is 3.26. The van der Waals surface area contributed by atoms with Crippen molar-refractivity contribution < 1.29 is 18.0 Å². The SMILES string of the molecule is CC(=O)c1ccc(S(=O)(=O)N(C)CCCC(=O)N[C@@H](C)C23CC4CC(CC(C4)C2)C3)cc1. The van der Waals surface area contributed by atoms with E-state index in [0.29, 0.717) is 18.4 Å². The van der Waals surface area contributed by atoms with E-state index >= 15 is 0 Å². The van der Waals surface area contributed by atoms with Crippen molar-refractivity contribution in [2.45, 2.75) is 76.2 Å². The third kappa shape index (κ3) is 4.65. The Labute approximate surface area is 192 Å². The zero-order valence-corrected chi connectivity index (χ0v) is 20.3. The lowest BCUT2D eigenvalue weighted by Gasteiger charge is -2.59. The van der Waals surface area contributed by atoms with Gasteiger partial charge in [0.1, 0.15) is 0 Å². The van der Waals surface area contributed by atoms with Crippen molar-refractivity contribution in [1.82, 2.24) is 9.62 Å². The molecular formula is C25H36N2O4S. The highest BCUT2D eigenvalue weighted by atomic mass is 32.2. The molecule has 0 spiro atoms. The number of sulfonamides is 1. The molecule has 7 heteroatoms. The van der Waals surface area contributed by atoms with Crippen LogP contribution in [0.1, 0.15) is 75.6 Å². The van der Waals surface area contributed by atoms with Gasteiger partial charge in [0.25, 0.3) is 0 Å². The summed E-state index contributed by atoms with van der Waals surface area (Å²) in [5.74, 6) is 2.47. The molecule has 0 unspecified atom stereocenters. The Morgan fingerprint density at radius 3 is 2.09 bits per heavy atom. The number of benzene rings is 1. The van der Waals surface area contributed by atoms with E-state index in [-0.39, 0.29) is 34.6 Å². The van der Waals surface area contributed by atoms with Crippen LogP contribution in [0.2, 0.25) is 0 Å². The lowest BCUT2D eigenvalue weighted by atomic mass is 9.48. The molecule has 1 atom stereocenters. The van der Waals surface area contributed by atoms with Crippen molar-refractivity contribution in [2.75, 3.05) is 13.6 Å². The molecule has 4 aliphatic carbocycles. The Morgan fingerprint density at radius 2 is 1.59 bits per heavy atom. The number of amides is 1. The highest BCUT2D eigenvalue weighted by Gasteiger charge is 2.53. The van der Waals surface area contributed by atoms with Crippen LogP contribution in [0.25, 0.3) is 0 Å². The lowest BCUT2D eigenvalue weighted by molar-refractivity contribution is -0.126. The molecule has 6 nitrogen and oxygen atoms in total. The first-order valence-electron chi connectivity index (χ1n) is 12.0. The van der Waals surface area contributed by atoms with Gasteiger partial charge in [-0.3, -0.25) is 9.59 Å². The second kappa shape index (κ2) is 8.90. The van der Waals surface area contributed by atoms with E-state index in [1.807, 2.05) is 0 Å². The van der Waals surface area contributed by atoms with E-state index < -0.39 is 10.0 Å². The Morgan fingerprint density at radius 1 is 1.06 bits per heavy atom. The molecule has 0 radical (unpaired) electrons. The fourth-order valence-electron chi connectivity index (χ4n) is 6.80. The van der Waals surface area contributed by atoms with Crippen LogP contribution in [0.3, 0.4) is 0 Å². The lowest BCUT2D eigenvalue weighted by Crippen LogP contribution is -2.55. The second-order valence-corrected chi connectivity index (χ2v) is 12.6. The van der Waals surface area contributed by atoms with Crippen LogP contribution in [-0.4, -0.2) is 44.0 Å².